The van der Waals surface area contributed by atoms with E-state index in [9.17, 15) is 4.21 Å². The first-order chi connectivity index (χ1) is 6.38. The Hall–Kier alpha value is 0.0700. The van der Waals surface area contributed by atoms with Crippen molar-refractivity contribution in [2.75, 3.05) is 26.3 Å². The Morgan fingerprint density at radius 2 is 1.77 bits per heavy atom. The molecule has 0 spiro atoms. The summed E-state index contributed by atoms with van der Waals surface area (Å²) in [4.78, 5) is 0. The maximum atomic E-state index is 12.0. The second kappa shape index (κ2) is 4.53. The van der Waals surface area contributed by atoms with Gasteiger partial charge in [-0.05, 0) is 12.8 Å². The van der Waals surface area contributed by atoms with Gasteiger partial charge >= 0.3 is 0 Å². The fourth-order valence-corrected chi connectivity index (χ4v) is 3.69. The van der Waals surface area contributed by atoms with Crippen molar-refractivity contribution in [2.24, 2.45) is 0 Å². The summed E-state index contributed by atoms with van der Waals surface area (Å²) in [5.41, 5.74) is 0. The van der Waals surface area contributed by atoms with Crippen molar-refractivity contribution >= 4 is 11.0 Å². The molecule has 2 aliphatic rings. The van der Waals surface area contributed by atoms with Crippen molar-refractivity contribution in [1.29, 1.82) is 0 Å². The molecule has 4 heteroatoms. The lowest BCUT2D eigenvalue weighted by molar-refractivity contribution is 0.0749. The van der Waals surface area contributed by atoms with Gasteiger partial charge in [0.1, 0.15) is 0 Å². The summed E-state index contributed by atoms with van der Waals surface area (Å²) in [5.74, 6) is 0. The Morgan fingerprint density at radius 3 is 2.38 bits per heavy atom. The Morgan fingerprint density at radius 1 is 1.15 bits per heavy atom. The average molecular weight is 203 g/mol. The highest BCUT2D eigenvalue weighted by atomic mass is 32.2. The second-order valence-electron chi connectivity index (χ2n) is 3.72. The molecule has 0 aromatic rings. The van der Waals surface area contributed by atoms with Crippen LogP contribution in [0.1, 0.15) is 25.7 Å². The van der Waals surface area contributed by atoms with Gasteiger partial charge in [0.2, 0.25) is 0 Å². The van der Waals surface area contributed by atoms with Crippen LogP contribution in [0.15, 0.2) is 0 Å². The van der Waals surface area contributed by atoms with Gasteiger partial charge in [-0.2, -0.15) is 0 Å². The predicted octanol–water partition coefficient (Wildman–Crippen LogP) is 0.925. The lowest BCUT2D eigenvalue weighted by Crippen LogP contribution is -2.40. The van der Waals surface area contributed by atoms with E-state index < -0.39 is 11.0 Å². The maximum Gasteiger partial charge on any atom is 0.0975 e. The molecule has 1 aliphatic carbocycles. The van der Waals surface area contributed by atoms with Gasteiger partial charge in [0.25, 0.3) is 0 Å². The van der Waals surface area contributed by atoms with Crippen molar-refractivity contribution < 1.29 is 8.95 Å². The molecule has 0 radical (unpaired) electrons. The summed E-state index contributed by atoms with van der Waals surface area (Å²) in [6, 6.07) is 0. The second-order valence-corrected chi connectivity index (χ2v) is 5.46. The topological polar surface area (TPSA) is 29.5 Å². The average Bonchev–Trinajstić information content (AvgIpc) is 2.71. The SMILES string of the molecule is O=S(C1CCCC1)N1CCOCC1. The van der Waals surface area contributed by atoms with E-state index in [1.165, 1.54) is 12.8 Å². The van der Waals surface area contributed by atoms with E-state index in [0.29, 0.717) is 5.25 Å². The minimum absolute atomic E-state index is 0.443. The molecule has 0 N–H and O–H groups in total. The molecule has 1 heterocycles. The first kappa shape index (κ1) is 9.62. The Balaban J connectivity index is 1.87. The fraction of sp³-hybridized carbons (Fsp3) is 1.00. The highest BCUT2D eigenvalue weighted by Crippen LogP contribution is 2.24. The summed E-state index contributed by atoms with van der Waals surface area (Å²) in [7, 11) is -0.728. The van der Waals surface area contributed by atoms with Crippen LogP contribution in [0.5, 0.6) is 0 Å². The van der Waals surface area contributed by atoms with Gasteiger partial charge in [0, 0.05) is 18.3 Å². The summed E-state index contributed by atoms with van der Waals surface area (Å²) in [6.45, 7) is 3.20. The number of rotatable bonds is 2. The van der Waals surface area contributed by atoms with Crippen molar-refractivity contribution in [2.45, 2.75) is 30.9 Å². The number of nitrogens with zero attached hydrogens (tertiary/aromatic N) is 1. The fourth-order valence-electron chi connectivity index (χ4n) is 2.03. The molecule has 13 heavy (non-hydrogen) atoms. The number of ether oxygens (including phenoxy) is 1. The van der Waals surface area contributed by atoms with E-state index in [1.54, 1.807) is 0 Å². The van der Waals surface area contributed by atoms with Crippen molar-refractivity contribution in [3.8, 4) is 0 Å². The van der Waals surface area contributed by atoms with E-state index in [0.717, 1.165) is 39.1 Å². The number of hydrogen-bond donors (Lipinski definition) is 0. The molecule has 0 bridgehead atoms. The van der Waals surface area contributed by atoms with Crippen molar-refractivity contribution in [3.05, 3.63) is 0 Å². The van der Waals surface area contributed by atoms with Crippen LogP contribution >= 0.6 is 0 Å². The predicted molar refractivity (Wildman–Crippen MR) is 52.8 cm³/mol. The van der Waals surface area contributed by atoms with Crippen LogP contribution in [0.25, 0.3) is 0 Å². The van der Waals surface area contributed by atoms with Gasteiger partial charge in [-0.15, -0.1) is 0 Å². The van der Waals surface area contributed by atoms with E-state index in [4.69, 9.17) is 4.74 Å². The molecule has 1 atom stereocenters. The zero-order valence-corrected chi connectivity index (χ0v) is 8.72. The molecule has 1 aliphatic heterocycles. The van der Waals surface area contributed by atoms with Crippen LogP contribution in [0.4, 0.5) is 0 Å². The first-order valence-electron chi connectivity index (χ1n) is 5.11. The van der Waals surface area contributed by atoms with Crippen molar-refractivity contribution in [3.63, 3.8) is 0 Å². The number of hydrogen-bond acceptors (Lipinski definition) is 2. The number of morpholine rings is 1. The summed E-state index contributed by atoms with van der Waals surface area (Å²) in [6.07, 6.45) is 4.84. The van der Waals surface area contributed by atoms with Gasteiger partial charge in [0.15, 0.2) is 0 Å². The molecule has 0 aromatic carbocycles. The quantitative estimate of drug-likeness (QED) is 0.668. The first-order valence-corrected chi connectivity index (χ1v) is 6.28. The minimum Gasteiger partial charge on any atom is -0.379 e. The minimum atomic E-state index is -0.728. The molecular weight excluding hydrogens is 186 g/mol. The largest absolute Gasteiger partial charge is 0.379 e. The lowest BCUT2D eigenvalue weighted by atomic mass is 10.4. The molecule has 2 fully saturated rings. The smallest absolute Gasteiger partial charge is 0.0975 e. The Bertz CT molecular complexity index is 186. The summed E-state index contributed by atoms with van der Waals surface area (Å²) >= 11 is 0. The van der Waals surface area contributed by atoms with Crippen LogP contribution in [-0.4, -0.2) is 40.1 Å². The van der Waals surface area contributed by atoms with Gasteiger partial charge in [-0.3, -0.25) is 0 Å². The van der Waals surface area contributed by atoms with Crippen LogP contribution in [0.2, 0.25) is 0 Å². The molecular formula is C9H17NO2S. The van der Waals surface area contributed by atoms with Crippen molar-refractivity contribution in [1.82, 2.24) is 4.31 Å². The lowest BCUT2D eigenvalue weighted by Gasteiger charge is -2.27. The maximum absolute atomic E-state index is 12.0. The van der Waals surface area contributed by atoms with Crippen LogP contribution in [-0.2, 0) is 15.7 Å². The molecule has 76 valence electrons. The van der Waals surface area contributed by atoms with Gasteiger partial charge in [-0.1, -0.05) is 12.8 Å². The monoisotopic (exact) mass is 203 g/mol. The Labute approximate surface area is 82.0 Å². The van der Waals surface area contributed by atoms with Gasteiger partial charge in [0.05, 0.1) is 24.2 Å². The van der Waals surface area contributed by atoms with Crippen LogP contribution in [0.3, 0.4) is 0 Å². The molecule has 0 amide bonds. The third kappa shape index (κ3) is 2.30. The van der Waals surface area contributed by atoms with Crippen LogP contribution in [0, 0.1) is 0 Å². The Kier molecular flexibility index (Phi) is 3.35. The third-order valence-corrected chi connectivity index (χ3v) is 4.73. The van der Waals surface area contributed by atoms with E-state index in [-0.39, 0.29) is 0 Å². The molecule has 3 nitrogen and oxygen atoms in total. The molecule has 1 saturated heterocycles. The molecule has 1 unspecified atom stereocenters. The zero-order chi connectivity index (χ0) is 9.10. The van der Waals surface area contributed by atoms with Gasteiger partial charge < -0.3 is 4.74 Å². The third-order valence-electron chi connectivity index (χ3n) is 2.81. The van der Waals surface area contributed by atoms with E-state index in [2.05, 4.69) is 4.31 Å². The van der Waals surface area contributed by atoms with Gasteiger partial charge in [-0.25, -0.2) is 8.51 Å². The highest BCUT2D eigenvalue weighted by Gasteiger charge is 2.27. The summed E-state index contributed by atoms with van der Waals surface area (Å²) in [5, 5.41) is 0.443. The standard InChI is InChI=1S/C9H17NO2S/c11-13(9-3-1-2-4-9)10-5-7-12-8-6-10/h9H,1-8H2. The molecule has 1 saturated carbocycles. The highest BCUT2D eigenvalue weighted by molar-refractivity contribution is 7.83. The van der Waals surface area contributed by atoms with Crippen LogP contribution < -0.4 is 0 Å². The van der Waals surface area contributed by atoms with E-state index >= 15 is 0 Å². The normalized spacial score (nSPS) is 29.2. The molecule has 2 rings (SSSR count). The molecule has 0 aromatic heterocycles. The van der Waals surface area contributed by atoms with E-state index in [1.807, 2.05) is 0 Å². The summed E-state index contributed by atoms with van der Waals surface area (Å²) < 4.78 is 19.3. The zero-order valence-electron chi connectivity index (χ0n) is 7.91.